The Morgan fingerprint density at radius 2 is 1.35 bits per heavy atom. The molecule has 1 aromatic rings. The number of carbonyl (C=O) groups excluding carboxylic acids is 1. The maximum absolute atomic E-state index is 11.2. The third kappa shape index (κ3) is 10.6. The summed E-state index contributed by atoms with van der Waals surface area (Å²) in [5.74, 6) is 0. The van der Waals surface area contributed by atoms with Crippen LogP contribution in [0.3, 0.4) is 0 Å². The molecular weight excluding hydrogens is 300 g/mol. The van der Waals surface area contributed by atoms with Gasteiger partial charge < -0.3 is 0 Å². The standard InChI is InChI=1S/C21H34OS/c1-2-3-4-5-6-7-8-9-10-11-12-13-15-19-16-14-17-20(18-19)21(22)23/h14,16-18H,2-13,15H2,1H3,(H,22,23). The molecule has 0 aliphatic heterocycles. The van der Waals surface area contributed by atoms with Gasteiger partial charge >= 0.3 is 0 Å². The smallest absolute Gasteiger partial charge is 0.216 e. The molecule has 2 heteroatoms. The highest BCUT2D eigenvalue weighted by Crippen LogP contribution is 2.14. The van der Waals surface area contributed by atoms with Crippen LogP contribution < -0.4 is 0 Å². The molecule has 1 aromatic carbocycles. The number of unbranched alkanes of at least 4 members (excludes halogenated alkanes) is 11. The number of hydrogen-bond acceptors (Lipinski definition) is 1. The number of thiol groups is 1. The SMILES string of the molecule is CCCCCCCCCCCCCCc1cccc(C(=O)S)c1. The van der Waals surface area contributed by atoms with Gasteiger partial charge in [-0.1, -0.05) is 95.8 Å². The van der Waals surface area contributed by atoms with Crippen molar-refractivity contribution in [1.29, 1.82) is 0 Å². The Labute approximate surface area is 148 Å². The summed E-state index contributed by atoms with van der Waals surface area (Å²) in [6.45, 7) is 2.27. The predicted molar refractivity (Wildman–Crippen MR) is 105 cm³/mol. The number of aryl methyl sites for hydroxylation is 1. The number of hydrogen-bond donors (Lipinski definition) is 1. The third-order valence-electron chi connectivity index (χ3n) is 4.49. The number of benzene rings is 1. The molecule has 0 spiro atoms. The fourth-order valence-corrected chi connectivity index (χ4v) is 3.17. The molecule has 0 saturated carbocycles. The summed E-state index contributed by atoms with van der Waals surface area (Å²) in [6.07, 6.45) is 17.6. The maximum atomic E-state index is 11.2. The summed E-state index contributed by atoms with van der Waals surface area (Å²) in [7, 11) is 0. The Morgan fingerprint density at radius 3 is 1.87 bits per heavy atom. The predicted octanol–water partition coefficient (Wildman–Crippen LogP) is 7.00. The first-order chi connectivity index (χ1) is 11.2. The normalized spacial score (nSPS) is 10.9. The molecule has 0 aromatic heterocycles. The van der Waals surface area contributed by atoms with Crippen molar-refractivity contribution in [3.63, 3.8) is 0 Å². The van der Waals surface area contributed by atoms with Gasteiger partial charge in [-0.15, -0.1) is 12.6 Å². The van der Waals surface area contributed by atoms with Crippen LogP contribution in [0.15, 0.2) is 24.3 Å². The van der Waals surface area contributed by atoms with Crippen LogP contribution in [-0.2, 0) is 6.42 Å². The van der Waals surface area contributed by atoms with Crippen molar-refractivity contribution in [2.75, 3.05) is 0 Å². The van der Waals surface area contributed by atoms with Crippen LogP contribution in [0.25, 0.3) is 0 Å². The minimum Gasteiger partial charge on any atom is -0.282 e. The minimum atomic E-state index is -0.137. The third-order valence-corrected chi connectivity index (χ3v) is 4.75. The summed E-state index contributed by atoms with van der Waals surface area (Å²) in [6, 6.07) is 7.88. The molecule has 0 radical (unpaired) electrons. The Bertz CT molecular complexity index is 428. The molecule has 0 fully saturated rings. The highest BCUT2D eigenvalue weighted by atomic mass is 32.1. The van der Waals surface area contributed by atoms with E-state index in [0.29, 0.717) is 5.56 Å². The van der Waals surface area contributed by atoms with Gasteiger partial charge in [0, 0.05) is 5.56 Å². The van der Waals surface area contributed by atoms with E-state index in [-0.39, 0.29) is 5.12 Å². The lowest BCUT2D eigenvalue weighted by Gasteiger charge is -2.04. The van der Waals surface area contributed by atoms with Gasteiger partial charge in [0.05, 0.1) is 0 Å². The summed E-state index contributed by atoms with van der Waals surface area (Å²) in [5.41, 5.74) is 1.97. The molecule has 130 valence electrons. The molecule has 0 N–H and O–H groups in total. The van der Waals surface area contributed by atoms with Crippen LogP contribution in [0.2, 0.25) is 0 Å². The molecule has 23 heavy (non-hydrogen) atoms. The van der Waals surface area contributed by atoms with Crippen LogP contribution in [0.4, 0.5) is 0 Å². The van der Waals surface area contributed by atoms with Crippen molar-refractivity contribution < 1.29 is 4.79 Å². The van der Waals surface area contributed by atoms with Crippen LogP contribution in [0, 0.1) is 0 Å². The Kier molecular flexibility index (Phi) is 12.0. The summed E-state index contributed by atoms with van der Waals surface area (Å²) >= 11 is 3.88. The average Bonchev–Trinajstić information content (AvgIpc) is 2.56. The van der Waals surface area contributed by atoms with E-state index in [1.165, 1.54) is 82.6 Å². The van der Waals surface area contributed by atoms with Crippen molar-refractivity contribution in [2.45, 2.75) is 90.4 Å². The zero-order valence-electron chi connectivity index (χ0n) is 14.9. The molecule has 1 rings (SSSR count). The van der Waals surface area contributed by atoms with Gasteiger partial charge in [-0.3, -0.25) is 4.79 Å². The second-order valence-corrected chi connectivity index (χ2v) is 7.05. The van der Waals surface area contributed by atoms with Gasteiger partial charge in [0.1, 0.15) is 0 Å². The van der Waals surface area contributed by atoms with Gasteiger partial charge in [-0.05, 0) is 24.5 Å². The maximum Gasteiger partial charge on any atom is 0.216 e. The summed E-state index contributed by atoms with van der Waals surface area (Å²) < 4.78 is 0. The lowest BCUT2D eigenvalue weighted by molar-refractivity contribution is 0.109. The van der Waals surface area contributed by atoms with Gasteiger partial charge in [-0.25, -0.2) is 0 Å². The van der Waals surface area contributed by atoms with E-state index in [0.717, 1.165) is 6.42 Å². The Balaban J connectivity index is 1.93. The first-order valence-electron chi connectivity index (χ1n) is 9.56. The lowest BCUT2D eigenvalue weighted by Crippen LogP contribution is -1.92. The largest absolute Gasteiger partial charge is 0.282 e. The number of carbonyl (C=O) groups is 1. The van der Waals surface area contributed by atoms with Crippen molar-refractivity contribution in [2.24, 2.45) is 0 Å². The average molecular weight is 335 g/mol. The van der Waals surface area contributed by atoms with Crippen molar-refractivity contribution in [1.82, 2.24) is 0 Å². The van der Waals surface area contributed by atoms with Gasteiger partial charge in [0.15, 0.2) is 0 Å². The lowest BCUT2D eigenvalue weighted by atomic mass is 10.0. The van der Waals surface area contributed by atoms with E-state index in [1.807, 2.05) is 18.2 Å². The zero-order valence-corrected chi connectivity index (χ0v) is 15.8. The molecular formula is C21H34OS. The molecule has 1 nitrogen and oxygen atoms in total. The van der Waals surface area contributed by atoms with E-state index in [9.17, 15) is 4.79 Å². The number of rotatable bonds is 14. The minimum absolute atomic E-state index is 0.137. The summed E-state index contributed by atoms with van der Waals surface area (Å²) in [5, 5.41) is -0.137. The van der Waals surface area contributed by atoms with Crippen molar-refractivity contribution in [3.8, 4) is 0 Å². The van der Waals surface area contributed by atoms with E-state index in [1.54, 1.807) is 0 Å². The molecule has 0 saturated heterocycles. The monoisotopic (exact) mass is 334 g/mol. The first kappa shape index (κ1) is 20.3. The molecule has 0 aliphatic rings. The molecule has 0 amide bonds. The quantitative estimate of drug-likeness (QED) is 0.286. The second kappa shape index (κ2) is 13.7. The van der Waals surface area contributed by atoms with E-state index in [4.69, 9.17) is 0 Å². The van der Waals surface area contributed by atoms with Crippen molar-refractivity contribution >= 4 is 17.7 Å². The molecule has 0 bridgehead atoms. The van der Waals surface area contributed by atoms with Gasteiger partial charge in [0.2, 0.25) is 5.12 Å². The fraction of sp³-hybridized carbons (Fsp3) is 0.667. The van der Waals surface area contributed by atoms with Crippen LogP contribution in [-0.4, -0.2) is 5.12 Å². The van der Waals surface area contributed by atoms with Gasteiger partial charge in [-0.2, -0.15) is 0 Å². The highest BCUT2D eigenvalue weighted by Gasteiger charge is 2.01. The molecule has 0 heterocycles. The first-order valence-corrected chi connectivity index (χ1v) is 10.0. The van der Waals surface area contributed by atoms with E-state index >= 15 is 0 Å². The second-order valence-electron chi connectivity index (χ2n) is 6.64. The van der Waals surface area contributed by atoms with Crippen LogP contribution in [0.1, 0.15) is 99.9 Å². The Morgan fingerprint density at radius 1 is 0.826 bits per heavy atom. The van der Waals surface area contributed by atoms with E-state index < -0.39 is 0 Å². The zero-order chi connectivity index (χ0) is 16.8. The highest BCUT2D eigenvalue weighted by molar-refractivity contribution is 7.97. The molecule has 0 atom stereocenters. The fourth-order valence-electron chi connectivity index (χ4n) is 3.03. The van der Waals surface area contributed by atoms with Gasteiger partial charge in [0.25, 0.3) is 0 Å². The molecule has 0 aliphatic carbocycles. The van der Waals surface area contributed by atoms with Crippen LogP contribution >= 0.6 is 12.6 Å². The summed E-state index contributed by atoms with van der Waals surface area (Å²) in [4.78, 5) is 11.2. The molecule has 0 unspecified atom stereocenters. The van der Waals surface area contributed by atoms with E-state index in [2.05, 4.69) is 25.6 Å². The topological polar surface area (TPSA) is 17.1 Å². The Hall–Kier alpha value is -0.760. The van der Waals surface area contributed by atoms with Crippen molar-refractivity contribution in [3.05, 3.63) is 35.4 Å². The van der Waals surface area contributed by atoms with Crippen LogP contribution in [0.5, 0.6) is 0 Å².